The monoisotopic (exact) mass is 577 g/mol. The molecule has 0 saturated carbocycles. The van der Waals surface area contributed by atoms with Crippen LogP contribution in [-0.4, -0.2) is 61.4 Å². The predicted molar refractivity (Wildman–Crippen MR) is 152 cm³/mol. The van der Waals surface area contributed by atoms with Crippen molar-refractivity contribution in [2.45, 2.75) is 11.4 Å². The van der Waals surface area contributed by atoms with Gasteiger partial charge in [0.25, 0.3) is 5.91 Å². The zero-order valence-electron chi connectivity index (χ0n) is 20.6. The van der Waals surface area contributed by atoms with E-state index in [1.807, 2.05) is 59.5 Å². The number of rotatable bonds is 6. The van der Waals surface area contributed by atoms with Crippen molar-refractivity contribution in [3.8, 4) is 5.75 Å². The third-order valence-electron chi connectivity index (χ3n) is 6.57. The van der Waals surface area contributed by atoms with Gasteiger partial charge in [-0.05, 0) is 57.4 Å². The number of amides is 2. The lowest BCUT2D eigenvalue weighted by molar-refractivity contribution is -0.132. The first-order valence-corrected chi connectivity index (χ1v) is 13.8. The highest BCUT2D eigenvalue weighted by Gasteiger charge is 2.32. The second-order valence-corrected chi connectivity index (χ2v) is 10.9. The van der Waals surface area contributed by atoms with Crippen molar-refractivity contribution in [2.75, 3.05) is 44.7 Å². The summed E-state index contributed by atoms with van der Waals surface area (Å²) in [6, 6.07) is 23.8. The van der Waals surface area contributed by atoms with Gasteiger partial charge in [-0.1, -0.05) is 60.3 Å². The molecule has 2 aliphatic heterocycles. The number of piperazine rings is 1. The maximum atomic E-state index is 13.6. The second-order valence-electron chi connectivity index (χ2n) is 9.01. The molecular weight excluding hydrogens is 550 g/mol. The number of para-hydroxylation sites is 1. The van der Waals surface area contributed by atoms with Gasteiger partial charge in [0.05, 0.1) is 22.2 Å². The molecule has 2 heterocycles. The average molecular weight is 579 g/mol. The maximum Gasteiger partial charge on any atom is 0.265 e. The van der Waals surface area contributed by atoms with Crippen molar-refractivity contribution in [1.82, 2.24) is 9.80 Å². The quantitative estimate of drug-likeness (QED) is 0.373. The van der Waals surface area contributed by atoms with Gasteiger partial charge in [0.1, 0.15) is 12.3 Å². The Balaban J connectivity index is 1.29. The normalized spacial score (nSPS) is 17.1. The third kappa shape index (κ3) is 5.92. The van der Waals surface area contributed by atoms with Gasteiger partial charge < -0.3 is 9.64 Å². The first-order chi connectivity index (χ1) is 18.0. The lowest BCUT2D eigenvalue weighted by Gasteiger charge is -2.37. The Morgan fingerprint density at radius 1 is 1.00 bits per heavy atom. The summed E-state index contributed by atoms with van der Waals surface area (Å²) in [5.74, 6) is 0.541. The molecule has 2 aliphatic rings. The highest BCUT2D eigenvalue weighted by atomic mass is 79.9. The Hall–Kier alpha value is -3.07. The van der Waals surface area contributed by atoms with Crippen molar-refractivity contribution in [1.29, 1.82) is 0 Å². The van der Waals surface area contributed by atoms with Crippen molar-refractivity contribution in [3.63, 3.8) is 0 Å². The SMILES string of the molecule is COc1ccc(C=C2Sc3ccccc3N(CC(=O)N3CCN(Cc4ccccc4)CC3)C2=O)cc1Br. The summed E-state index contributed by atoms with van der Waals surface area (Å²) >= 11 is 4.95. The molecule has 0 aliphatic carbocycles. The number of carbonyl (C=O) groups excluding carboxylic acids is 2. The number of benzene rings is 3. The Kier molecular flexibility index (Phi) is 7.98. The molecule has 0 unspecified atom stereocenters. The van der Waals surface area contributed by atoms with E-state index in [9.17, 15) is 9.59 Å². The minimum atomic E-state index is -0.160. The molecule has 3 aromatic carbocycles. The molecule has 0 bridgehead atoms. The van der Waals surface area contributed by atoms with E-state index in [-0.39, 0.29) is 18.4 Å². The molecule has 0 N–H and O–H groups in total. The van der Waals surface area contributed by atoms with Gasteiger partial charge in [-0.2, -0.15) is 0 Å². The molecule has 1 fully saturated rings. The zero-order valence-corrected chi connectivity index (χ0v) is 23.0. The van der Waals surface area contributed by atoms with Crippen LogP contribution in [0, 0.1) is 0 Å². The number of hydrogen-bond donors (Lipinski definition) is 0. The molecule has 2 amide bonds. The van der Waals surface area contributed by atoms with Crippen LogP contribution >= 0.6 is 27.7 Å². The highest BCUT2D eigenvalue weighted by Crippen LogP contribution is 2.42. The van der Waals surface area contributed by atoms with Gasteiger partial charge in [0.2, 0.25) is 5.91 Å². The number of carbonyl (C=O) groups is 2. The van der Waals surface area contributed by atoms with E-state index in [2.05, 4.69) is 45.1 Å². The first kappa shape index (κ1) is 25.6. The fourth-order valence-electron chi connectivity index (χ4n) is 4.58. The van der Waals surface area contributed by atoms with E-state index in [4.69, 9.17) is 4.74 Å². The summed E-state index contributed by atoms with van der Waals surface area (Å²) in [7, 11) is 1.62. The standard InChI is InChI=1S/C29H28BrN3O3S/c1-36-25-12-11-22(17-23(25)30)18-27-29(35)33(24-9-5-6-10-26(24)37-27)20-28(34)32-15-13-31(14-16-32)19-21-7-3-2-4-8-21/h2-12,17-18H,13-16,19-20H2,1H3. The Labute approximate surface area is 230 Å². The van der Waals surface area contributed by atoms with Crippen LogP contribution in [0.4, 0.5) is 5.69 Å². The van der Waals surface area contributed by atoms with Gasteiger partial charge in [-0.25, -0.2) is 0 Å². The predicted octanol–water partition coefficient (Wildman–Crippen LogP) is 5.28. The number of hydrogen-bond acceptors (Lipinski definition) is 5. The van der Waals surface area contributed by atoms with Gasteiger partial charge in [0, 0.05) is 37.6 Å². The largest absolute Gasteiger partial charge is 0.496 e. The van der Waals surface area contributed by atoms with E-state index < -0.39 is 0 Å². The fraction of sp³-hybridized carbons (Fsp3) is 0.241. The summed E-state index contributed by atoms with van der Waals surface area (Å²) in [4.78, 5) is 34.3. The van der Waals surface area contributed by atoms with Gasteiger partial charge in [-0.15, -0.1) is 0 Å². The van der Waals surface area contributed by atoms with Crippen LogP contribution in [0.5, 0.6) is 5.75 Å². The van der Waals surface area contributed by atoms with Crippen molar-refractivity contribution < 1.29 is 14.3 Å². The summed E-state index contributed by atoms with van der Waals surface area (Å²) in [6.07, 6.45) is 1.87. The van der Waals surface area contributed by atoms with Crippen LogP contribution in [0.25, 0.3) is 6.08 Å². The topological polar surface area (TPSA) is 53.1 Å². The number of anilines is 1. The van der Waals surface area contributed by atoms with Crippen molar-refractivity contribution >= 4 is 51.3 Å². The van der Waals surface area contributed by atoms with Crippen LogP contribution < -0.4 is 9.64 Å². The molecule has 3 aromatic rings. The molecule has 1 saturated heterocycles. The fourth-order valence-corrected chi connectivity index (χ4v) is 6.19. The molecule has 8 heteroatoms. The Bertz CT molecular complexity index is 1320. The van der Waals surface area contributed by atoms with Gasteiger partial charge >= 0.3 is 0 Å². The van der Waals surface area contributed by atoms with Crippen LogP contribution in [0.3, 0.4) is 0 Å². The Morgan fingerprint density at radius 3 is 2.46 bits per heavy atom. The smallest absolute Gasteiger partial charge is 0.265 e. The molecule has 0 aromatic heterocycles. The molecule has 0 atom stereocenters. The van der Waals surface area contributed by atoms with E-state index in [0.717, 1.165) is 46.0 Å². The van der Waals surface area contributed by atoms with E-state index >= 15 is 0 Å². The molecule has 0 spiro atoms. The zero-order chi connectivity index (χ0) is 25.8. The molecule has 37 heavy (non-hydrogen) atoms. The van der Waals surface area contributed by atoms with Crippen molar-refractivity contribution in [3.05, 3.63) is 93.3 Å². The summed E-state index contributed by atoms with van der Waals surface area (Å²) in [5.41, 5.74) is 2.93. The van der Waals surface area contributed by atoms with E-state index in [1.54, 1.807) is 12.0 Å². The second kappa shape index (κ2) is 11.5. The number of nitrogens with zero attached hydrogens (tertiary/aromatic N) is 3. The number of fused-ring (bicyclic) bond motifs is 1. The van der Waals surface area contributed by atoms with Gasteiger partial charge in [-0.3, -0.25) is 19.4 Å². The van der Waals surface area contributed by atoms with Gasteiger partial charge in [0.15, 0.2) is 0 Å². The minimum Gasteiger partial charge on any atom is -0.496 e. The Morgan fingerprint density at radius 2 is 1.73 bits per heavy atom. The minimum absolute atomic E-state index is 0.0265. The lowest BCUT2D eigenvalue weighted by Crippen LogP contribution is -2.52. The summed E-state index contributed by atoms with van der Waals surface area (Å²) in [5, 5.41) is 0. The molecular formula is C29H28BrN3O3S. The number of methoxy groups -OCH3 is 1. The van der Waals surface area contributed by atoms with Crippen LogP contribution in [0.15, 0.2) is 87.1 Å². The molecule has 6 nitrogen and oxygen atoms in total. The number of thioether (sulfide) groups is 1. The first-order valence-electron chi connectivity index (χ1n) is 12.2. The third-order valence-corrected chi connectivity index (χ3v) is 8.27. The van der Waals surface area contributed by atoms with Crippen LogP contribution in [0.1, 0.15) is 11.1 Å². The highest BCUT2D eigenvalue weighted by molar-refractivity contribution is 9.10. The van der Waals surface area contributed by atoms with E-state index in [0.29, 0.717) is 18.0 Å². The maximum absolute atomic E-state index is 13.6. The lowest BCUT2D eigenvalue weighted by atomic mass is 10.2. The number of halogens is 1. The summed E-state index contributed by atoms with van der Waals surface area (Å²) in [6.45, 7) is 3.86. The molecule has 190 valence electrons. The van der Waals surface area contributed by atoms with Crippen LogP contribution in [0.2, 0.25) is 0 Å². The average Bonchev–Trinajstić information content (AvgIpc) is 2.92. The molecule has 0 radical (unpaired) electrons. The van der Waals surface area contributed by atoms with Crippen molar-refractivity contribution in [2.24, 2.45) is 0 Å². The van der Waals surface area contributed by atoms with E-state index in [1.165, 1.54) is 17.3 Å². The molecule has 5 rings (SSSR count). The number of ether oxygens (including phenoxy) is 1. The summed E-state index contributed by atoms with van der Waals surface area (Å²) < 4.78 is 6.14. The van der Waals surface area contributed by atoms with Crippen LogP contribution in [-0.2, 0) is 16.1 Å².